The Kier molecular flexibility index (Phi) is 7.88. The molecule has 19 heavy (non-hydrogen) atoms. The minimum atomic E-state index is -0.414. The molecule has 0 aliphatic rings. The molecule has 0 aliphatic heterocycles. The van der Waals surface area contributed by atoms with E-state index in [1.54, 1.807) is 13.2 Å². The number of nitrogens with two attached hydrogens (primary N) is 1. The number of hydrogen-bond acceptors (Lipinski definition) is 5. The molecular weight excluding hydrogens is 253 g/mol. The van der Waals surface area contributed by atoms with E-state index in [9.17, 15) is 4.39 Å². The van der Waals surface area contributed by atoms with Gasteiger partial charge in [0.2, 0.25) is 0 Å². The molecule has 0 spiro atoms. The first-order chi connectivity index (χ1) is 9.22. The number of methoxy groups -OCH3 is 1. The van der Waals surface area contributed by atoms with Crippen LogP contribution in [0.4, 0.5) is 10.1 Å². The standard InChI is InChI=1S/C13H20FNO4/c1-16-2-3-17-4-5-18-6-7-19-13-9-11(14)8-12(15)10-13/h8-10H,2-7,15H2,1H3. The van der Waals surface area contributed by atoms with Gasteiger partial charge in [-0.15, -0.1) is 0 Å². The normalized spacial score (nSPS) is 10.6. The molecule has 0 saturated carbocycles. The van der Waals surface area contributed by atoms with E-state index in [0.717, 1.165) is 0 Å². The summed E-state index contributed by atoms with van der Waals surface area (Å²) in [5, 5.41) is 0. The molecule has 1 rings (SSSR count). The van der Waals surface area contributed by atoms with Gasteiger partial charge in [0.1, 0.15) is 18.2 Å². The SMILES string of the molecule is COCCOCCOCCOc1cc(N)cc(F)c1. The van der Waals surface area contributed by atoms with Crippen molar-refractivity contribution in [2.24, 2.45) is 0 Å². The van der Waals surface area contributed by atoms with Crippen molar-refractivity contribution >= 4 is 5.69 Å². The molecule has 1 aromatic rings. The molecule has 108 valence electrons. The van der Waals surface area contributed by atoms with E-state index >= 15 is 0 Å². The van der Waals surface area contributed by atoms with Gasteiger partial charge < -0.3 is 24.7 Å². The molecule has 2 N–H and O–H groups in total. The fourth-order valence-electron chi connectivity index (χ4n) is 1.35. The van der Waals surface area contributed by atoms with Crippen molar-refractivity contribution in [2.45, 2.75) is 0 Å². The van der Waals surface area contributed by atoms with Gasteiger partial charge in [0.25, 0.3) is 0 Å². The van der Waals surface area contributed by atoms with Crippen LogP contribution in [0.2, 0.25) is 0 Å². The summed E-state index contributed by atoms with van der Waals surface area (Å²) in [6.07, 6.45) is 0. The quantitative estimate of drug-likeness (QED) is 0.516. The summed E-state index contributed by atoms with van der Waals surface area (Å²) in [6.45, 7) is 2.86. The Morgan fingerprint density at radius 2 is 1.58 bits per heavy atom. The maximum Gasteiger partial charge on any atom is 0.128 e. The van der Waals surface area contributed by atoms with Crippen LogP contribution in [0.1, 0.15) is 0 Å². The minimum Gasteiger partial charge on any atom is -0.491 e. The molecule has 0 amide bonds. The first-order valence-electron chi connectivity index (χ1n) is 6.05. The molecule has 1 aromatic carbocycles. The molecule has 5 nitrogen and oxygen atoms in total. The van der Waals surface area contributed by atoms with Gasteiger partial charge in [0.15, 0.2) is 0 Å². The van der Waals surface area contributed by atoms with Crippen LogP contribution in [-0.4, -0.2) is 46.8 Å². The van der Waals surface area contributed by atoms with Crippen molar-refractivity contribution in [3.63, 3.8) is 0 Å². The third kappa shape index (κ3) is 7.61. The van der Waals surface area contributed by atoms with Crippen LogP contribution in [0.3, 0.4) is 0 Å². The maximum absolute atomic E-state index is 13.0. The van der Waals surface area contributed by atoms with Crippen LogP contribution >= 0.6 is 0 Å². The number of nitrogen functional groups attached to an aromatic ring is 1. The fourth-order valence-corrected chi connectivity index (χ4v) is 1.35. The summed E-state index contributed by atoms with van der Waals surface area (Å²) in [5.74, 6) is -0.0140. The monoisotopic (exact) mass is 273 g/mol. The van der Waals surface area contributed by atoms with Crippen LogP contribution in [-0.2, 0) is 14.2 Å². The Morgan fingerprint density at radius 1 is 0.947 bits per heavy atom. The Labute approximate surface area is 112 Å². The highest BCUT2D eigenvalue weighted by Gasteiger charge is 1.99. The van der Waals surface area contributed by atoms with Gasteiger partial charge >= 0.3 is 0 Å². The third-order valence-corrected chi connectivity index (χ3v) is 2.19. The molecule has 0 heterocycles. The Bertz CT molecular complexity index is 342. The Balaban J connectivity index is 2.01. The molecule has 6 heteroatoms. The van der Waals surface area contributed by atoms with Crippen molar-refractivity contribution in [3.8, 4) is 5.75 Å². The molecule has 0 atom stereocenters. The zero-order valence-electron chi connectivity index (χ0n) is 11.1. The lowest BCUT2D eigenvalue weighted by molar-refractivity contribution is 0.0179. The average molecular weight is 273 g/mol. The van der Waals surface area contributed by atoms with Crippen molar-refractivity contribution in [3.05, 3.63) is 24.0 Å². The van der Waals surface area contributed by atoms with E-state index in [-0.39, 0.29) is 0 Å². The van der Waals surface area contributed by atoms with Gasteiger partial charge in [0, 0.05) is 24.9 Å². The highest BCUT2D eigenvalue weighted by Crippen LogP contribution is 2.17. The Hall–Kier alpha value is -1.37. The zero-order valence-corrected chi connectivity index (χ0v) is 11.1. The average Bonchev–Trinajstić information content (AvgIpc) is 2.36. The first-order valence-corrected chi connectivity index (χ1v) is 6.05. The summed E-state index contributed by atoms with van der Waals surface area (Å²) in [5.41, 5.74) is 5.83. The molecule has 0 bridgehead atoms. The molecule has 0 aromatic heterocycles. The lowest BCUT2D eigenvalue weighted by Crippen LogP contribution is -2.12. The molecule has 0 unspecified atom stereocenters. The summed E-state index contributed by atoms with van der Waals surface area (Å²) in [6, 6.07) is 4.09. The van der Waals surface area contributed by atoms with E-state index in [0.29, 0.717) is 51.1 Å². The van der Waals surface area contributed by atoms with Crippen LogP contribution in [0.15, 0.2) is 18.2 Å². The number of halogens is 1. The molecule has 0 fully saturated rings. The van der Waals surface area contributed by atoms with Crippen molar-refractivity contribution in [1.82, 2.24) is 0 Å². The largest absolute Gasteiger partial charge is 0.491 e. The predicted molar refractivity (Wildman–Crippen MR) is 69.8 cm³/mol. The summed E-state index contributed by atoms with van der Waals surface area (Å²) >= 11 is 0. The maximum atomic E-state index is 13.0. The summed E-state index contributed by atoms with van der Waals surface area (Å²) in [4.78, 5) is 0. The van der Waals surface area contributed by atoms with Gasteiger partial charge in [-0.3, -0.25) is 0 Å². The van der Waals surface area contributed by atoms with E-state index in [1.807, 2.05) is 0 Å². The highest BCUT2D eigenvalue weighted by molar-refractivity contribution is 5.44. The molecular formula is C13H20FNO4. The number of anilines is 1. The van der Waals surface area contributed by atoms with E-state index in [2.05, 4.69) is 0 Å². The smallest absolute Gasteiger partial charge is 0.128 e. The van der Waals surface area contributed by atoms with Gasteiger partial charge in [-0.2, -0.15) is 0 Å². The topological polar surface area (TPSA) is 62.9 Å². The molecule has 0 radical (unpaired) electrons. The minimum absolute atomic E-state index is 0.334. The first kappa shape index (κ1) is 15.7. The van der Waals surface area contributed by atoms with Gasteiger partial charge in [-0.1, -0.05) is 0 Å². The number of rotatable bonds is 10. The zero-order chi connectivity index (χ0) is 13.9. The van der Waals surface area contributed by atoms with Crippen molar-refractivity contribution in [2.75, 3.05) is 52.5 Å². The Morgan fingerprint density at radius 3 is 2.21 bits per heavy atom. The summed E-state index contributed by atoms with van der Waals surface area (Å²) in [7, 11) is 1.62. The second kappa shape index (κ2) is 9.55. The lowest BCUT2D eigenvalue weighted by atomic mass is 10.3. The van der Waals surface area contributed by atoms with E-state index in [4.69, 9.17) is 24.7 Å². The van der Waals surface area contributed by atoms with Crippen LogP contribution in [0, 0.1) is 5.82 Å². The van der Waals surface area contributed by atoms with E-state index in [1.165, 1.54) is 12.1 Å². The molecule has 0 saturated heterocycles. The van der Waals surface area contributed by atoms with Crippen molar-refractivity contribution < 1.29 is 23.3 Å². The van der Waals surface area contributed by atoms with Crippen LogP contribution in [0.5, 0.6) is 5.75 Å². The van der Waals surface area contributed by atoms with Gasteiger partial charge in [0.05, 0.1) is 33.0 Å². The number of benzene rings is 1. The number of hydrogen-bond donors (Lipinski definition) is 1. The fraction of sp³-hybridized carbons (Fsp3) is 0.538. The van der Waals surface area contributed by atoms with Crippen LogP contribution in [0.25, 0.3) is 0 Å². The lowest BCUT2D eigenvalue weighted by Gasteiger charge is -2.08. The van der Waals surface area contributed by atoms with E-state index < -0.39 is 5.82 Å². The predicted octanol–water partition coefficient (Wildman–Crippen LogP) is 1.47. The third-order valence-electron chi connectivity index (χ3n) is 2.19. The second-order valence-electron chi connectivity index (χ2n) is 3.79. The van der Waals surface area contributed by atoms with Crippen LogP contribution < -0.4 is 10.5 Å². The van der Waals surface area contributed by atoms with Crippen molar-refractivity contribution in [1.29, 1.82) is 0 Å². The second-order valence-corrected chi connectivity index (χ2v) is 3.79. The summed E-state index contributed by atoms with van der Waals surface area (Å²) < 4.78 is 33.6. The number of ether oxygens (including phenoxy) is 4. The molecule has 0 aliphatic carbocycles. The van der Waals surface area contributed by atoms with Gasteiger partial charge in [-0.25, -0.2) is 4.39 Å². The highest BCUT2D eigenvalue weighted by atomic mass is 19.1. The van der Waals surface area contributed by atoms with Gasteiger partial charge in [-0.05, 0) is 6.07 Å².